The Balaban J connectivity index is 0. The van der Waals surface area contributed by atoms with Gasteiger partial charge in [0.2, 0.25) is 0 Å². The summed E-state index contributed by atoms with van der Waals surface area (Å²) in [7, 11) is 0. The number of unbranched alkanes of at least 4 members (excludes halogenated alkanes) is 3. The molecule has 0 unspecified atom stereocenters. The fourth-order valence-corrected chi connectivity index (χ4v) is 0.642. The molecule has 0 spiro atoms. The van der Waals surface area contributed by atoms with Crippen LogP contribution in [0.15, 0.2) is 12.7 Å². The van der Waals surface area contributed by atoms with Crippen LogP contribution in [-0.4, -0.2) is 19.6 Å². The molecular formula is C9H23N3. The molecule has 0 aliphatic heterocycles. The molecule has 0 radical (unpaired) electrons. The van der Waals surface area contributed by atoms with Crippen molar-refractivity contribution in [3.63, 3.8) is 0 Å². The number of nitrogens with two attached hydrogens (primary N) is 3. The van der Waals surface area contributed by atoms with E-state index in [1.807, 2.05) is 0 Å². The zero-order chi connectivity index (χ0) is 9.66. The summed E-state index contributed by atoms with van der Waals surface area (Å²) in [4.78, 5) is 0. The van der Waals surface area contributed by atoms with Gasteiger partial charge in [-0.1, -0.05) is 18.9 Å². The molecular weight excluding hydrogens is 150 g/mol. The van der Waals surface area contributed by atoms with Crippen molar-refractivity contribution in [1.29, 1.82) is 0 Å². The Morgan fingerprint density at radius 2 is 1.17 bits per heavy atom. The number of hydrogen-bond acceptors (Lipinski definition) is 3. The van der Waals surface area contributed by atoms with Crippen LogP contribution in [0.4, 0.5) is 0 Å². The molecule has 0 saturated carbocycles. The number of hydrogen-bond donors (Lipinski definition) is 3. The van der Waals surface area contributed by atoms with Crippen LogP contribution in [0, 0.1) is 0 Å². The molecule has 6 N–H and O–H groups in total. The van der Waals surface area contributed by atoms with Crippen molar-refractivity contribution in [2.24, 2.45) is 17.2 Å². The summed E-state index contributed by atoms with van der Waals surface area (Å²) in [6.07, 6.45) is 6.45. The normalized spacial score (nSPS) is 8.58. The van der Waals surface area contributed by atoms with Gasteiger partial charge in [0, 0.05) is 6.54 Å². The summed E-state index contributed by atoms with van der Waals surface area (Å²) in [5, 5.41) is 0. The van der Waals surface area contributed by atoms with Gasteiger partial charge >= 0.3 is 0 Å². The predicted molar refractivity (Wildman–Crippen MR) is 55.8 cm³/mol. The lowest BCUT2D eigenvalue weighted by Crippen LogP contribution is -2.00. The highest BCUT2D eigenvalue weighted by molar-refractivity contribution is 4.64. The van der Waals surface area contributed by atoms with Gasteiger partial charge in [-0.25, -0.2) is 0 Å². The predicted octanol–water partition coefficient (Wildman–Crippen LogP) is 0.595. The van der Waals surface area contributed by atoms with Crippen LogP contribution >= 0.6 is 0 Å². The summed E-state index contributed by atoms with van der Waals surface area (Å²) >= 11 is 0. The van der Waals surface area contributed by atoms with Gasteiger partial charge in [-0.05, 0) is 25.9 Å². The van der Waals surface area contributed by atoms with Crippen molar-refractivity contribution >= 4 is 0 Å². The second-order valence-electron chi connectivity index (χ2n) is 2.52. The molecule has 0 rings (SSSR count). The van der Waals surface area contributed by atoms with Crippen molar-refractivity contribution in [2.45, 2.75) is 25.7 Å². The highest BCUT2D eigenvalue weighted by atomic mass is 14.5. The first-order chi connectivity index (χ1) is 5.83. The standard InChI is InChI=1S/C6H16N2.C3H7N/c7-5-3-1-2-4-6-8;1-2-3-4/h1-8H2;2H,1,3-4H2. The van der Waals surface area contributed by atoms with E-state index in [4.69, 9.17) is 17.2 Å². The average molecular weight is 173 g/mol. The lowest BCUT2D eigenvalue weighted by Gasteiger charge is -1.94. The maximum Gasteiger partial charge on any atom is 0.0104 e. The minimum atomic E-state index is 0.583. The van der Waals surface area contributed by atoms with E-state index < -0.39 is 0 Å². The van der Waals surface area contributed by atoms with E-state index in [1.54, 1.807) is 6.08 Å². The quantitative estimate of drug-likeness (QED) is 0.406. The van der Waals surface area contributed by atoms with Gasteiger partial charge < -0.3 is 17.2 Å². The summed E-state index contributed by atoms with van der Waals surface area (Å²) in [6.45, 7) is 5.59. The third kappa shape index (κ3) is 22.6. The zero-order valence-electron chi connectivity index (χ0n) is 7.97. The molecule has 0 aliphatic carbocycles. The molecule has 0 fully saturated rings. The van der Waals surface area contributed by atoms with Crippen LogP contribution in [-0.2, 0) is 0 Å². The molecule has 0 heterocycles. The van der Waals surface area contributed by atoms with Crippen LogP contribution in [0.3, 0.4) is 0 Å². The smallest absolute Gasteiger partial charge is 0.0104 e. The Hall–Kier alpha value is -0.380. The molecule has 12 heavy (non-hydrogen) atoms. The van der Waals surface area contributed by atoms with Crippen molar-refractivity contribution < 1.29 is 0 Å². The molecule has 0 saturated heterocycles. The Morgan fingerprint density at radius 3 is 1.33 bits per heavy atom. The van der Waals surface area contributed by atoms with Crippen LogP contribution in [0.5, 0.6) is 0 Å². The minimum absolute atomic E-state index is 0.583. The van der Waals surface area contributed by atoms with Crippen molar-refractivity contribution in [3.8, 4) is 0 Å². The lowest BCUT2D eigenvalue weighted by atomic mass is 10.2. The maximum atomic E-state index is 5.28. The third-order valence-corrected chi connectivity index (χ3v) is 1.32. The molecule has 0 aromatic carbocycles. The first kappa shape index (κ1) is 14.2. The van der Waals surface area contributed by atoms with Gasteiger partial charge in [0.1, 0.15) is 0 Å². The SMILES string of the molecule is C=CCN.NCCCCCCN. The Morgan fingerprint density at radius 1 is 0.833 bits per heavy atom. The monoisotopic (exact) mass is 173 g/mol. The molecule has 0 amide bonds. The number of rotatable bonds is 6. The summed E-state index contributed by atoms with van der Waals surface area (Å²) in [6, 6.07) is 0. The van der Waals surface area contributed by atoms with Crippen LogP contribution in [0.1, 0.15) is 25.7 Å². The highest BCUT2D eigenvalue weighted by Crippen LogP contribution is 1.95. The van der Waals surface area contributed by atoms with E-state index in [0.717, 1.165) is 25.9 Å². The molecule has 0 atom stereocenters. The average Bonchev–Trinajstić information content (AvgIpc) is 2.13. The molecule has 0 aliphatic rings. The van der Waals surface area contributed by atoms with Crippen molar-refractivity contribution in [3.05, 3.63) is 12.7 Å². The van der Waals surface area contributed by atoms with Gasteiger partial charge in [0.15, 0.2) is 0 Å². The second-order valence-corrected chi connectivity index (χ2v) is 2.52. The molecule has 3 nitrogen and oxygen atoms in total. The fourth-order valence-electron chi connectivity index (χ4n) is 0.642. The van der Waals surface area contributed by atoms with E-state index >= 15 is 0 Å². The van der Waals surface area contributed by atoms with Gasteiger partial charge in [-0.2, -0.15) is 0 Å². The van der Waals surface area contributed by atoms with Gasteiger partial charge in [0.05, 0.1) is 0 Å². The molecule has 3 heteroatoms. The van der Waals surface area contributed by atoms with E-state index in [1.165, 1.54) is 12.8 Å². The summed E-state index contributed by atoms with van der Waals surface area (Å²) in [5.41, 5.74) is 15.5. The first-order valence-corrected chi connectivity index (χ1v) is 4.54. The van der Waals surface area contributed by atoms with E-state index in [0.29, 0.717) is 6.54 Å². The highest BCUT2D eigenvalue weighted by Gasteiger charge is 1.83. The molecule has 0 bridgehead atoms. The minimum Gasteiger partial charge on any atom is -0.330 e. The van der Waals surface area contributed by atoms with E-state index in [2.05, 4.69) is 6.58 Å². The topological polar surface area (TPSA) is 78.1 Å². The fraction of sp³-hybridized carbons (Fsp3) is 0.778. The maximum absolute atomic E-state index is 5.28. The molecule has 74 valence electrons. The lowest BCUT2D eigenvalue weighted by molar-refractivity contribution is 0.653. The summed E-state index contributed by atoms with van der Waals surface area (Å²) in [5.74, 6) is 0. The van der Waals surface area contributed by atoms with Crippen molar-refractivity contribution in [1.82, 2.24) is 0 Å². The van der Waals surface area contributed by atoms with Crippen LogP contribution in [0.2, 0.25) is 0 Å². The Labute approximate surface area is 76.0 Å². The van der Waals surface area contributed by atoms with E-state index in [-0.39, 0.29) is 0 Å². The van der Waals surface area contributed by atoms with Gasteiger partial charge in [0.25, 0.3) is 0 Å². The Kier molecular flexibility index (Phi) is 20.0. The Bertz CT molecular complexity index is 68.2. The second kappa shape index (κ2) is 16.9. The third-order valence-electron chi connectivity index (χ3n) is 1.32. The van der Waals surface area contributed by atoms with Gasteiger partial charge in [-0.3, -0.25) is 0 Å². The van der Waals surface area contributed by atoms with E-state index in [9.17, 15) is 0 Å². The zero-order valence-corrected chi connectivity index (χ0v) is 7.97. The molecule has 0 aromatic rings. The largest absolute Gasteiger partial charge is 0.330 e. The van der Waals surface area contributed by atoms with Crippen LogP contribution < -0.4 is 17.2 Å². The van der Waals surface area contributed by atoms with Crippen LogP contribution in [0.25, 0.3) is 0 Å². The molecule has 0 aromatic heterocycles. The summed E-state index contributed by atoms with van der Waals surface area (Å²) < 4.78 is 0. The van der Waals surface area contributed by atoms with Crippen molar-refractivity contribution in [2.75, 3.05) is 19.6 Å². The van der Waals surface area contributed by atoms with Gasteiger partial charge in [-0.15, -0.1) is 6.58 Å². The first-order valence-electron chi connectivity index (χ1n) is 4.54.